The van der Waals surface area contributed by atoms with Crippen LogP contribution in [0.25, 0.3) is 0 Å². The first-order valence-corrected chi connectivity index (χ1v) is 11.7. The molecule has 13 heteroatoms. The van der Waals surface area contributed by atoms with Gasteiger partial charge in [-0.25, -0.2) is 28.0 Å². The Kier molecular flexibility index (Phi) is 6.26. The van der Waals surface area contributed by atoms with Crippen molar-refractivity contribution in [1.29, 1.82) is 0 Å². The van der Waals surface area contributed by atoms with Crippen LogP contribution in [0, 0.1) is 0 Å². The molecule has 33 heavy (non-hydrogen) atoms. The first-order chi connectivity index (χ1) is 15.7. The van der Waals surface area contributed by atoms with Crippen LogP contribution in [0.5, 0.6) is 0 Å². The molecule has 0 radical (unpaired) electrons. The number of hydrogen-bond acceptors (Lipinski definition) is 7. The van der Waals surface area contributed by atoms with Gasteiger partial charge in [0.2, 0.25) is 5.95 Å². The van der Waals surface area contributed by atoms with Crippen molar-refractivity contribution in [2.24, 2.45) is 0 Å². The molecule has 0 aliphatic carbocycles. The van der Waals surface area contributed by atoms with Gasteiger partial charge in [-0.3, -0.25) is 9.59 Å². The molecule has 0 bridgehead atoms. The Morgan fingerprint density at radius 1 is 0.848 bits per heavy atom. The molecular formula is C20H12Cl3N5O4S. The van der Waals surface area contributed by atoms with E-state index >= 15 is 0 Å². The summed E-state index contributed by atoms with van der Waals surface area (Å²) >= 11 is 18.2. The minimum absolute atomic E-state index is 0.0241. The van der Waals surface area contributed by atoms with Gasteiger partial charge in [0.05, 0.1) is 20.6 Å². The number of hydrogen-bond donors (Lipinski definition) is 2. The SMILES string of the molecule is O=C1C(Cl)=C(Nc2ccc(S(=O)(=O)Nc3ncccn3)cc2)C(=O)N1c1cccc(Cl)c1Cl. The van der Waals surface area contributed by atoms with E-state index in [1.165, 1.54) is 54.9 Å². The molecule has 1 aliphatic rings. The number of imide groups is 1. The van der Waals surface area contributed by atoms with Gasteiger partial charge in [-0.2, -0.15) is 0 Å². The molecule has 1 aliphatic heterocycles. The van der Waals surface area contributed by atoms with Crippen molar-refractivity contribution < 1.29 is 18.0 Å². The van der Waals surface area contributed by atoms with Crippen molar-refractivity contribution in [1.82, 2.24) is 9.97 Å². The van der Waals surface area contributed by atoms with Crippen LogP contribution >= 0.6 is 34.8 Å². The third kappa shape index (κ3) is 4.51. The Morgan fingerprint density at radius 2 is 1.52 bits per heavy atom. The Labute approximate surface area is 203 Å². The predicted molar refractivity (Wildman–Crippen MR) is 125 cm³/mol. The zero-order valence-corrected chi connectivity index (χ0v) is 19.4. The number of halogens is 3. The van der Waals surface area contributed by atoms with E-state index in [1.807, 2.05) is 0 Å². The molecule has 1 aromatic heterocycles. The molecule has 2 amide bonds. The van der Waals surface area contributed by atoms with Crippen molar-refractivity contribution in [3.8, 4) is 0 Å². The van der Waals surface area contributed by atoms with Gasteiger partial charge in [-0.15, -0.1) is 0 Å². The maximum atomic E-state index is 12.9. The fourth-order valence-electron chi connectivity index (χ4n) is 2.89. The number of nitrogens with zero attached hydrogens (tertiary/aromatic N) is 3. The van der Waals surface area contributed by atoms with Gasteiger partial charge in [-0.05, 0) is 42.5 Å². The molecule has 168 valence electrons. The second-order valence-electron chi connectivity index (χ2n) is 6.53. The highest BCUT2D eigenvalue weighted by molar-refractivity contribution is 7.92. The van der Waals surface area contributed by atoms with Gasteiger partial charge >= 0.3 is 0 Å². The molecule has 0 saturated carbocycles. The summed E-state index contributed by atoms with van der Waals surface area (Å²) in [6, 6.07) is 11.5. The second kappa shape index (κ2) is 8.99. The lowest BCUT2D eigenvalue weighted by Crippen LogP contribution is -2.32. The Hall–Kier alpha value is -3.18. The van der Waals surface area contributed by atoms with E-state index in [0.29, 0.717) is 5.69 Å². The standard InChI is InChI=1S/C20H12Cl3N5O4S/c21-13-3-1-4-14(15(13)22)28-18(29)16(23)17(19(28)30)26-11-5-7-12(8-6-11)33(31,32)27-20-24-9-2-10-25-20/h1-10,26H,(H,24,25,27). The lowest BCUT2D eigenvalue weighted by Gasteiger charge is -2.17. The van der Waals surface area contributed by atoms with Gasteiger partial charge < -0.3 is 5.32 Å². The number of aromatic nitrogens is 2. The number of carbonyl (C=O) groups is 2. The minimum Gasteiger partial charge on any atom is -0.350 e. The van der Waals surface area contributed by atoms with Crippen LogP contribution in [0.2, 0.25) is 10.0 Å². The lowest BCUT2D eigenvalue weighted by molar-refractivity contribution is -0.120. The fraction of sp³-hybridized carbons (Fsp3) is 0. The summed E-state index contributed by atoms with van der Waals surface area (Å²) in [6.45, 7) is 0. The fourth-order valence-corrected chi connectivity index (χ4v) is 4.44. The number of anilines is 3. The third-order valence-electron chi connectivity index (χ3n) is 4.42. The first-order valence-electron chi connectivity index (χ1n) is 9.08. The zero-order chi connectivity index (χ0) is 23.8. The molecule has 4 rings (SSSR count). The average Bonchev–Trinajstić information content (AvgIpc) is 3.00. The normalized spacial score (nSPS) is 14.1. The maximum absolute atomic E-state index is 12.9. The Morgan fingerprint density at radius 3 is 2.18 bits per heavy atom. The van der Waals surface area contributed by atoms with Crippen molar-refractivity contribution in [3.05, 3.63) is 81.7 Å². The van der Waals surface area contributed by atoms with E-state index in [1.54, 1.807) is 6.07 Å². The van der Waals surface area contributed by atoms with Crippen LogP contribution in [0.4, 0.5) is 17.3 Å². The summed E-state index contributed by atoms with van der Waals surface area (Å²) in [5.41, 5.74) is 0.215. The Balaban J connectivity index is 1.55. The first kappa shape index (κ1) is 23.0. The van der Waals surface area contributed by atoms with Crippen molar-refractivity contribution in [2.75, 3.05) is 14.9 Å². The predicted octanol–water partition coefficient (Wildman–Crippen LogP) is 4.02. The molecule has 0 spiro atoms. The summed E-state index contributed by atoms with van der Waals surface area (Å²) in [5, 5.41) is 2.59. The molecule has 3 aromatic rings. The highest BCUT2D eigenvalue weighted by Crippen LogP contribution is 2.37. The van der Waals surface area contributed by atoms with Crippen LogP contribution in [-0.2, 0) is 19.6 Å². The molecule has 2 heterocycles. The summed E-state index contributed by atoms with van der Waals surface area (Å²) in [6.07, 6.45) is 2.80. The summed E-state index contributed by atoms with van der Waals surface area (Å²) in [5.74, 6) is -1.60. The van der Waals surface area contributed by atoms with Crippen LogP contribution in [0.15, 0.2) is 76.5 Å². The topological polar surface area (TPSA) is 121 Å². The number of nitrogens with one attached hydrogen (secondary N) is 2. The molecule has 0 atom stereocenters. The van der Waals surface area contributed by atoms with E-state index in [9.17, 15) is 18.0 Å². The van der Waals surface area contributed by atoms with Crippen molar-refractivity contribution >= 4 is 74.0 Å². The van der Waals surface area contributed by atoms with E-state index in [4.69, 9.17) is 34.8 Å². The van der Waals surface area contributed by atoms with Crippen LogP contribution in [0.1, 0.15) is 0 Å². The van der Waals surface area contributed by atoms with E-state index in [-0.39, 0.29) is 37.3 Å². The van der Waals surface area contributed by atoms with Crippen LogP contribution < -0.4 is 14.9 Å². The van der Waals surface area contributed by atoms with E-state index in [2.05, 4.69) is 20.0 Å². The number of sulfonamides is 1. The third-order valence-corrected chi connectivity index (χ3v) is 6.93. The number of carbonyl (C=O) groups excluding carboxylic acids is 2. The molecule has 0 saturated heterocycles. The largest absolute Gasteiger partial charge is 0.350 e. The van der Waals surface area contributed by atoms with Gasteiger partial charge in [0.25, 0.3) is 21.8 Å². The van der Waals surface area contributed by atoms with E-state index < -0.39 is 21.8 Å². The van der Waals surface area contributed by atoms with Crippen LogP contribution in [0.3, 0.4) is 0 Å². The van der Waals surface area contributed by atoms with Gasteiger partial charge in [0, 0.05) is 18.1 Å². The lowest BCUT2D eigenvalue weighted by atomic mass is 10.3. The Bertz CT molecular complexity index is 1400. The van der Waals surface area contributed by atoms with Gasteiger partial charge in [-0.1, -0.05) is 40.9 Å². The monoisotopic (exact) mass is 523 g/mol. The van der Waals surface area contributed by atoms with E-state index in [0.717, 1.165) is 4.90 Å². The molecular weight excluding hydrogens is 513 g/mol. The quantitative estimate of drug-likeness (QED) is 0.467. The van der Waals surface area contributed by atoms with Crippen LogP contribution in [-0.4, -0.2) is 30.2 Å². The minimum atomic E-state index is -3.94. The van der Waals surface area contributed by atoms with Gasteiger partial charge in [0.1, 0.15) is 10.7 Å². The summed E-state index contributed by atoms with van der Waals surface area (Å²) in [7, 11) is -3.94. The molecule has 2 N–H and O–H groups in total. The molecule has 9 nitrogen and oxygen atoms in total. The average molecular weight is 525 g/mol. The maximum Gasteiger partial charge on any atom is 0.283 e. The second-order valence-corrected chi connectivity index (χ2v) is 9.38. The van der Waals surface area contributed by atoms with Gasteiger partial charge in [0.15, 0.2) is 0 Å². The summed E-state index contributed by atoms with van der Waals surface area (Å²) < 4.78 is 27.2. The number of benzene rings is 2. The number of rotatable bonds is 6. The highest BCUT2D eigenvalue weighted by atomic mass is 35.5. The summed E-state index contributed by atoms with van der Waals surface area (Å²) in [4.78, 5) is 33.9. The number of amides is 2. The van der Waals surface area contributed by atoms with Crippen molar-refractivity contribution in [3.63, 3.8) is 0 Å². The zero-order valence-electron chi connectivity index (χ0n) is 16.3. The smallest absolute Gasteiger partial charge is 0.283 e. The van der Waals surface area contributed by atoms with Crippen molar-refractivity contribution in [2.45, 2.75) is 4.90 Å². The molecule has 0 fully saturated rings. The molecule has 0 unspecified atom stereocenters. The highest BCUT2D eigenvalue weighted by Gasteiger charge is 2.40. The molecule has 2 aromatic carbocycles.